The number of nitriles is 1. The maximum atomic E-state index is 11.8. The van der Waals surface area contributed by atoms with E-state index >= 15 is 0 Å². The van der Waals surface area contributed by atoms with Crippen LogP contribution >= 0.6 is 0 Å². The summed E-state index contributed by atoms with van der Waals surface area (Å²) in [5.74, 6) is -0.826. The normalized spacial score (nSPS) is 18.8. The van der Waals surface area contributed by atoms with Crippen LogP contribution in [0.4, 0.5) is 4.79 Å². The molecule has 5 heteroatoms. The molecule has 1 aromatic rings. The van der Waals surface area contributed by atoms with Gasteiger partial charge in [-0.15, -0.1) is 0 Å². The fraction of sp³-hybridized carbons (Fsp3) is 0.357. The number of ether oxygens (including phenoxy) is 1. The molecule has 1 amide bonds. The Morgan fingerprint density at radius 3 is 2.84 bits per heavy atom. The Balaban J connectivity index is 1.87. The minimum absolute atomic E-state index is 0.102. The van der Waals surface area contributed by atoms with Crippen molar-refractivity contribution >= 4 is 11.9 Å². The van der Waals surface area contributed by atoms with Crippen LogP contribution < -0.4 is 0 Å². The molecular formula is C14H14N2O3. The maximum absolute atomic E-state index is 11.8. The smallest absolute Gasteiger partial charge is 0.410 e. The van der Waals surface area contributed by atoms with Gasteiger partial charge < -0.3 is 9.64 Å². The Labute approximate surface area is 111 Å². The first-order chi connectivity index (χ1) is 9.20. The van der Waals surface area contributed by atoms with Gasteiger partial charge in [0.15, 0.2) is 5.78 Å². The van der Waals surface area contributed by atoms with Crippen molar-refractivity contribution in [2.45, 2.75) is 13.0 Å². The van der Waals surface area contributed by atoms with Crippen LogP contribution in [0.1, 0.15) is 12.0 Å². The Hall–Kier alpha value is -2.35. The summed E-state index contributed by atoms with van der Waals surface area (Å²) in [5.41, 5.74) is 0.903. The third-order valence-corrected chi connectivity index (χ3v) is 3.04. The number of piperidine rings is 1. The molecule has 0 spiro atoms. The highest BCUT2D eigenvalue weighted by molar-refractivity contribution is 5.86. The lowest BCUT2D eigenvalue weighted by Crippen LogP contribution is -2.43. The molecule has 1 aliphatic rings. The van der Waals surface area contributed by atoms with Gasteiger partial charge in [0.05, 0.1) is 6.07 Å². The molecule has 1 heterocycles. The van der Waals surface area contributed by atoms with E-state index in [0.717, 1.165) is 5.56 Å². The number of carbonyl (C=O) groups excluding carboxylic acids is 2. The van der Waals surface area contributed by atoms with E-state index in [2.05, 4.69) is 0 Å². The lowest BCUT2D eigenvalue weighted by molar-refractivity contribution is -0.123. The molecule has 0 aromatic heterocycles. The first kappa shape index (κ1) is 13.1. The standard InChI is InChI=1S/C14H14N2O3/c15-8-12-9-16(7-6-13(12)17)14(18)19-10-11-4-2-1-3-5-11/h1-5,12H,6-7,9-10H2. The van der Waals surface area contributed by atoms with Crippen molar-refractivity contribution < 1.29 is 14.3 Å². The average molecular weight is 258 g/mol. The number of rotatable bonds is 2. The lowest BCUT2D eigenvalue weighted by atomic mass is 9.98. The summed E-state index contributed by atoms with van der Waals surface area (Å²) >= 11 is 0. The minimum atomic E-state index is -0.724. The molecule has 0 saturated carbocycles. The van der Waals surface area contributed by atoms with E-state index < -0.39 is 12.0 Å². The van der Waals surface area contributed by atoms with Gasteiger partial charge in [0.25, 0.3) is 0 Å². The maximum Gasteiger partial charge on any atom is 0.410 e. The molecule has 1 fully saturated rings. The third-order valence-electron chi connectivity index (χ3n) is 3.04. The summed E-state index contributed by atoms with van der Waals surface area (Å²) in [6.07, 6.45) is -0.254. The number of Topliss-reactive ketones (excluding diaryl/α,β-unsaturated/α-hetero) is 1. The molecule has 0 N–H and O–H groups in total. The van der Waals surface area contributed by atoms with Crippen LogP contribution in [0.25, 0.3) is 0 Å². The van der Waals surface area contributed by atoms with Gasteiger partial charge in [0, 0.05) is 19.5 Å². The molecule has 1 saturated heterocycles. The molecular weight excluding hydrogens is 244 g/mol. The third kappa shape index (κ3) is 3.32. The number of likely N-dealkylation sites (tertiary alicyclic amines) is 1. The second-order valence-corrected chi connectivity index (χ2v) is 4.38. The Bertz CT molecular complexity index is 507. The summed E-state index contributed by atoms with van der Waals surface area (Å²) < 4.78 is 5.16. The van der Waals surface area contributed by atoms with E-state index in [4.69, 9.17) is 10.00 Å². The zero-order chi connectivity index (χ0) is 13.7. The number of hydrogen-bond donors (Lipinski definition) is 0. The molecule has 98 valence electrons. The van der Waals surface area contributed by atoms with Crippen LogP contribution in [0.5, 0.6) is 0 Å². The van der Waals surface area contributed by atoms with Crippen molar-refractivity contribution in [1.82, 2.24) is 4.90 Å². The Morgan fingerprint density at radius 2 is 2.16 bits per heavy atom. The molecule has 2 rings (SSSR count). The predicted molar refractivity (Wildman–Crippen MR) is 66.9 cm³/mol. The van der Waals surface area contributed by atoms with Crippen molar-refractivity contribution in [1.29, 1.82) is 5.26 Å². The zero-order valence-electron chi connectivity index (χ0n) is 10.4. The molecule has 1 unspecified atom stereocenters. The fourth-order valence-electron chi connectivity index (χ4n) is 1.92. The fourth-order valence-corrected chi connectivity index (χ4v) is 1.92. The molecule has 1 aromatic carbocycles. The molecule has 1 aliphatic heterocycles. The number of carbonyl (C=O) groups is 2. The summed E-state index contributed by atoms with van der Waals surface area (Å²) in [5, 5.41) is 8.82. The van der Waals surface area contributed by atoms with Gasteiger partial charge in [-0.2, -0.15) is 5.26 Å². The van der Waals surface area contributed by atoms with Gasteiger partial charge in [0.2, 0.25) is 0 Å². The van der Waals surface area contributed by atoms with Crippen molar-refractivity contribution in [2.75, 3.05) is 13.1 Å². The van der Waals surface area contributed by atoms with Crippen LogP contribution in [0.2, 0.25) is 0 Å². The molecule has 1 atom stereocenters. The summed E-state index contributed by atoms with van der Waals surface area (Å²) in [6, 6.07) is 11.3. The number of ketones is 1. The molecule has 0 radical (unpaired) electrons. The van der Waals surface area contributed by atoms with E-state index in [1.165, 1.54) is 4.90 Å². The number of benzene rings is 1. The first-order valence-corrected chi connectivity index (χ1v) is 6.08. The van der Waals surface area contributed by atoms with Gasteiger partial charge in [-0.25, -0.2) is 4.79 Å². The number of nitrogens with zero attached hydrogens (tertiary/aromatic N) is 2. The van der Waals surface area contributed by atoms with Gasteiger partial charge in [-0.1, -0.05) is 30.3 Å². The van der Waals surface area contributed by atoms with Crippen molar-refractivity contribution in [3.8, 4) is 6.07 Å². The number of amides is 1. The average Bonchev–Trinajstić information content (AvgIpc) is 2.46. The van der Waals surface area contributed by atoms with Crippen LogP contribution in [-0.2, 0) is 16.1 Å². The summed E-state index contributed by atoms with van der Waals surface area (Å²) in [7, 11) is 0. The SMILES string of the molecule is N#CC1CN(C(=O)OCc2ccccc2)CCC1=O. The highest BCUT2D eigenvalue weighted by Crippen LogP contribution is 2.14. The summed E-state index contributed by atoms with van der Waals surface area (Å²) in [4.78, 5) is 24.6. The van der Waals surface area contributed by atoms with Gasteiger partial charge in [-0.05, 0) is 5.56 Å². The second-order valence-electron chi connectivity index (χ2n) is 4.38. The zero-order valence-corrected chi connectivity index (χ0v) is 10.4. The summed E-state index contributed by atoms with van der Waals surface area (Å²) in [6.45, 7) is 0.648. The minimum Gasteiger partial charge on any atom is -0.445 e. The van der Waals surface area contributed by atoms with Crippen LogP contribution in [0.3, 0.4) is 0 Å². The van der Waals surface area contributed by atoms with Crippen molar-refractivity contribution in [3.05, 3.63) is 35.9 Å². The topological polar surface area (TPSA) is 70.4 Å². The van der Waals surface area contributed by atoms with Crippen molar-refractivity contribution in [2.24, 2.45) is 5.92 Å². The Kier molecular flexibility index (Phi) is 4.14. The first-order valence-electron chi connectivity index (χ1n) is 6.08. The molecule has 0 bridgehead atoms. The van der Waals surface area contributed by atoms with Crippen LogP contribution in [0, 0.1) is 17.2 Å². The van der Waals surface area contributed by atoms with Crippen LogP contribution in [-0.4, -0.2) is 29.9 Å². The van der Waals surface area contributed by atoms with E-state index in [-0.39, 0.29) is 25.4 Å². The highest BCUT2D eigenvalue weighted by atomic mass is 16.6. The van der Waals surface area contributed by atoms with Gasteiger partial charge in [0.1, 0.15) is 12.5 Å². The van der Waals surface area contributed by atoms with E-state index in [9.17, 15) is 9.59 Å². The number of hydrogen-bond acceptors (Lipinski definition) is 4. The van der Waals surface area contributed by atoms with Gasteiger partial charge >= 0.3 is 6.09 Å². The largest absolute Gasteiger partial charge is 0.445 e. The predicted octanol–water partition coefficient (Wildman–Crippen LogP) is 1.74. The second kappa shape index (κ2) is 6.01. The molecule has 5 nitrogen and oxygen atoms in total. The molecule has 0 aliphatic carbocycles. The van der Waals surface area contributed by atoms with Crippen molar-refractivity contribution in [3.63, 3.8) is 0 Å². The quantitative estimate of drug-likeness (QED) is 0.810. The Morgan fingerprint density at radius 1 is 1.42 bits per heavy atom. The van der Waals surface area contributed by atoms with Gasteiger partial charge in [-0.3, -0.25) is 4.79 Å². The monoisotopic (exact) mass is 258 g/mol. The van der Waals surface area contributed by atoms with E-state index in [1.54, 1.807) is 0 Å². The van der Waals surface area contributed by atoms with E-state index in [1.807, 2.05) is 36.4 Å². The molecule has 19 heavy (non-hydrogen) atoms. The van der Waals surface area contributed by atoms with Crippen LogP contribution in [0.15, 0.2) is 30.3 Å². The highest BCUT2D eigenvalue weighted by Gasteiger charge is 2.30. The lowest BCUT2D eigenvalue weighted by Gasteiger charge is -2.27. The van der Waals surface area contributed by atoms with E-state index in [0.29, 0.717) is 6.54 Å².